The Hall–Kier alpha value is -2.97. The molecule has 2 aliphatic heterocycles. The van der Waals surface area contributed by atoms with Gasteiger partial charge in [0.1, 0.15) is 23.4 Å². The number of hydrogen-bond donors (Lipinski definition) is 1. The van der Waals surface area contributed by atoms with Crippen LogP contribution in [-0.2, 0) is 0 Å². The van der Waals surface area contributed by atoms with Gasteiger partial charge in [0.15, 0.2) is 0 Å². The van der Waals surface area contributed by atoms with Crippen LogP contribution < -0.4 is 4.74 Å². The van der Waals surface area contributed by atoms with Gasteiger partial charge in [-0.15, -0.1) is 11.8 Å². The number of likely N-dealkylation sites (tertiary alicyclic amines) is 1. The first-order valence-corrected chi connectivity index (χ1v) is 13.2. The maximum absolute atomic E-state index is 15.1. The number of rotatable bonds is 8. The zero-order chi connectivity index (χ0) is 25.9. The fraction of sp³-hybridized carbons (Fsp3) is 0.310. The van der Waals surface area contributed by atoms with E-state index < -0.39 is 12.2 Å². The Morgan fingerprint density at radius 1 is 1.03 bits per heavy atom. The average Bonchev–Trinajstić information content (AvgIpc) is 3.34. The Labute approximate surface area is 217 Å². The van der Waals surface area contributed by atoms with Gasteiger partial charge < -0.3 is 9.84 Å². The molecule has 2 aliphatic rings. The molecule has 0 aliphatic carbocycles. The number of phenolic OH excluding ortho intramolecular Hbond substituents is 1. The van der Waals surface area contributed by atoms with Gasteiger partial charge in [0.25, 0.3) is 6.43 Å². The first-order chi connectivity index (χ1) is 17.9. The molecule has 0 saturated carbocycles. The lowest BCUT2D eigenvalue weighted by Gasteiger charge is -2.25. The Morgan fingerprint density at radius 3 is 2.54 bits per heavy atom. The van der Waals surface area contributed by atoms with E-state index in [-0.39, 0.29) is 29.7 Å². The Morgan fingerprint density at radius 2 is 1.81 bits per heavy atom. The van der Waals surface area contributed by atoms with Crippen molar-refractivity contribution >= 4 is 22.9 Å². The maximum atomic E-state index is 15.1. The van der Waals surface area contributed by atoms with Crippen LogP contribution in [0.3, 0.4) is 0 Å². The van der Waals surface area contributed by atoms with Crippen molar-refractivity contribution < 1.29 is 27.4 Å². The summed E-state index contributed by atoms with van der Waals surface area (Å²) in [5.74, 6) is 0.590. The highest BCUT2D eigenvalue weighted by Crippen LogP contribution is 2.46. The SMILES string of the molecule is Oc1ccc2c(c1)SCC(c1ccc(C(F)F)cc1F)=C2c1ccc(O[C@H]2CCN(CCCF)C2)cc1. The number of alkyl halides is 3. The van der Waals surface area contributed by atoms with E-state index in [9.17, 15) is 18.3 Å². The van der Waals surface area contributed by atoms with Gasteiger partial charge in [0.05, 0.1) is 6.67 Å². The molecule has 3 nitrogen and oxygen atoms in total. The molecule has 2 heterocycles. The van der Waals surface area contributed by atoms with Gasteiger partial charge >= 0.3 is 0 Å². The van der Waals surface area contributed by atoms with Crippen molar-refractivity contribution in [3.8, 4) is 11.5 Å². The zero-order valence-electron chi connectivity index (χ0n) is 20.1. The fourth-order valence-corrected chi connectivity index (χ4v) is 6.08. The summed E-state index contributed by atoms with van der Waals surface area (Å²) in [7, 11) is 0. The van der Waals surface area contributed by atoms with Crippen LogP contribution in [0.15, 0.2) is 65.6 Å². The summed E-state index contributed by atoms with van der Waals surface area (Å²) in [4.78, 5) is 3.07. The summed E-state index contributed by atoms with van der Waals surface area (Å²) in [6.45, 7) is 2.06. The third-order valence-corrected chi connectivity index (χ3v) is 7.84. The molecule has 3 aromatic rings. The van der Waals surface area contributed by atoms with E-state index in [1.807, 2.05) is 24.3 Å². The van der Waals surface area contributed by atoms with E-state index in [2.05, 4.69) is 4.90 Å². The van der Waals surface area contributed by atoms with Crippen LogP contribution in [0.4, 0.5) is 17.6 Å². The molecule has 1 saturated heterocycles. The number of nitrogens with zero attached hydrogens (tertiary/aromatic N) is 1. The van der Waals surface area contributed by atoms with Crippen molar-refractivity contribution in [2.75, 3.05) is 32.1 Å². The summed E-state index contributed by atoms with van der Waals surface area (Å²) in [5.41, 5.74) is 3.10. The molecule has 1 atom stereocenters. The third kappa shape index (κ3) is 5.65. The number of ether oxygens (including phenoxy) is 1. The third-order valence-electron chi connectivity index (χ3n) is 6.76. The molecular weight excluding hydrogens is 502 g/mol. The van der Waals surface area contributed by atoms with Gasteiger partial charge in [-0.2, -0.15) is 0 Å². The largest absolute Gasteiger partial charge is 0.508 e. The van der Waals surface area contributed by atoms with Gasteiger partial charge in [-0.25, -0.2) is 13.2 Å². The predicted molar refractivity (Wildman–Crippen MR) is 139 cm³/mol. The highest BCUT2D eigenvalue weighted by Gasteiger charge is 2.26. The Balaban J connectivity index is 1.47. The lowest BCUT2D eigenvalue weighted by molar-refractivity contribution is 0.151. The molecule has 3 aromatic carbocycles. The van der Waals surface area contributed by atoms with Crippen LogP contribution in [0.25, 0.3) is 11.1 Å². The first kappa shape index (κ1) is 25.7. The van der Waals surface area contributed by atoms with Gasteiger partial charge in [-0.1, -0.05) is 24.3 Å². The second kappa shape index (κ2) is 11.2. The second-order valence-corrected chi connectivity index (χ2v) is 10.3. The maximum Gasteiger partial charge on any atom is 0.263 e. The lowest BCUT2D eigenvalue weighted by atomic mass is 9.89. The van der Waals surface area contributed by atoms with Crippen LogP contribution in [0.5, 0.6) is 11.5 Å². The molecule has 0 radical (unpaired) electrons. The van der Waals surface area contributed by atoms with E-state index in [0.29, 0.717) is 23.5 Å². The summed E-state index contributed by atoms with van der Waals surface area (Å²) in [5, 5.41) is 9.99. The number of fused-ring (bicyclic) bond motifs is 1. The smallest absolute Gasteiger partial charge is 0.263 e. The van der Waals surface area contributed by atoms with E-state index in [1.165, 1.54) is 23.9 Å². The summed E-state index contributed by atoms with van der Waals surface area (Å²) < 4.78 is 59.9. The van der Waals surface area contributed by atoms with Crippen molar-refractivity contribution in [3.05, 3.63) is 88.7 Å². The zero-order valence-corrected chi connectivity index (χ0v) is 20.9. The van der Waals surface area contributed by atoms with Gasteiger partial charge in [0.2, 0.25) is 0 Å². The minimum Gasteiger partial charge on any atom is -0.508 e. The molecule has 0 unspecified atom stereocenters. The number of halogens is 4. The van der Waals surface area contributed by atoms with E-state index >= 15 is 4.39 Å². The highest BCUT2D eigenvalue weighted by atomic mass is 32.2. The van der Waals surface area contributed by atoms with Crippen LogP contribution >= 0.6 is 11.8 Å². The second-order valence-electron chi connectivity index (χ2n) is 9.26. The van der Waals surface area contributed by atoms with Crippen LogP contribution in [-0.4, -0.2) is 48.2 Å². The van der Waals surface area contributed by atoms with Gasteiger partial charge in [0, 0.05) is 41.4 Å². The van der Waals surface area contributed by atoms with Crippen LogP contribution in [0.2, 0.25) is 0 Å². The first-order valence-electron chi connectivity index (χ1n) is 12.3. The summed E-state index contributed by atoms with van der Waals surface area (Å²) >= 11 is 1.47. The van der Waals surface area contributed by atoms with E-state index in [4.69, 9.17) is 4.74 Å². The molecule has 1 N–H and O–H groups in total. The molecular formula is C29H27F4NO2S. The van der Waals surface area contributed by atoms with E-state index in [0.717, 1.165) is 53.7 Å². The van der Waals surface area contributed by atoms with Crippen molar-refractivity contribution in [1.82, 2.24) is 4.90 Å². The molecule has 8 heteroatoms. The quantitative estimate of drug-likeness (QED) is 0.310. The molecule has 37 heavy (non-hydrogen) atoms. The summed E-state index contributed by atoms with van der Waals surface area (Å²) in [6, 6.07) is 16.2. The lowest BCUT2D eigenvalue weighted by Crippen LogP contribution is -2.26. The van der Waals surface area contributed by atoms with Crippen LogP contribution in [0.1, 0.15) is 41.5 Å². The number of phenols is 1. The Bertz CT molecular complexity index is 1300. The van der Waals surface area contributed by atoms with Crippen LogP contribution in [0, 0.1) is 5.82 Å². The highest BCUT2D eigenvalue weighted by molar-refractivity contribution is 7.99. The average molecular weight is 530 g/mol. The Kier molecular flexibility index (Phi) is 7.76. The van der Waals surface area contributed by atoms with Crippen molar-refractivity contribution in [2.24, 2.45) is 0 Å². The van der Waals surface area contributed by atoms with Gasteiger partial charge in [-0.05, 0) is 71.5 Å². The normalized spacial score (nSPS) is 17.9. The molecule has 0 amide bonds. The molecule has 0 aromatic heterocycles. The van der Waals surface area contributed by atoms with Gasteiger partial charge in [-0.3, -0.25) is 9.29 Å². The minimum absolute atomic E-state index is 0.0393. The van der Waals surface area contributed by atoms with Crippen molar-refractivity contribution in [1.29, 1.82) is 0 Å². The van der Waals surface area contributed by atoms with E-state index in [1.54, 1.807) is 18.2 Å². The molecule has 1 fully saturated rings. The molecule has 5 rings (SSSR count). The monoisotopic (exact) mass is 529 g/mol. The summed E-state index contributed by atoms with van der Waals surface area (Å²) in [6.07, 6.45) is -1.30. The van der Waals surface area contributed by atoms with Crippen molar-refractivity contribution in [2.45, 2.75) is 30.3 Å². The molecule has 0 spiro atoms. The standard InChI is InChI=1S/C29H27F4NO2S/c30-11-1-12-34-13-10-22(16-34)36-21-6-2-18(3-7-21)28-24-9-5-20(35)15-27(24)37-17-25(28)23-8-4-19(29(32)33)14-26(23)31/h2-9,14-15,22,29,35H,1,10-13,16-17H2/t22-/m0/s1. The number of aromatic hydroxyl groups is 1. The fourth-order valence-electron chi connectivity index (χ4n) is 4.95. The number of hydrogen-bond acceptors (Lipinski definition) is 4. The number of thioether (sulfide) groups is 1. The molecule has 0 bridgehead atoms. The predicted octanol–water partition coefficient (Wildman–Crippen LogP) is 7.35. The van der Waals surface area contributed by atoms with Crippen molar-refractivity contribution in [3.63, 3.8) is 0 Å². The number of benzene rings is 3. The molecule has 194 valence electrons. The topological polar surface area (TPSA) is 32.7 Å². The minimum atomic E-state index is -2.75.